The maximum absolute atomic E-state index is 6.03. The van der Waals surface area contributed by atoms with E-state index in [1.54, 1.807) is 6.20 Å². The average Bonchev–Trinajstić information content (AvgIpc) is 3.14. The second kappa shape index (κ2) is 7.60. The molecule has 0 bridgehead atoms. The SMILES string of the molecule is C=CC(C(Nc1ccc(Cl)cc1)c1cccnc1)n1nnc2ccccc21. The number of pyridine rings is 1. The molecule has 0 saturated carbocycles. The zero-order valence-electron chi connectivity index (χ0n) is 14.5. The van der Waals surface area contributed by atoms with Gasteiger partial charge in [-0.25, -0.2) is 4.68 Å². The number of hydrogen-bond acceptors (Lipinski definition) is 4. The fourth-order valence-electron chi connectivity index (χ4n) is 3.14. The fourth-order valence-corrected chi connectivity index (χ4v) is 3.26. The van der Waals surface area contributed by atoms with Crippen molar-refractivity contribution in [3.05, 3.63) is 96.3 Å². The predicted molar refractivity (Wildman–Crippen MR) is 109 cm³/mol. The molecule has 4 rings (SSSR count). The summed E-state index contributed by atoms with van der Waals surface area (Å²) in [5, 5.41) is 12.9. The van der Waals surface area contributed by atoms with E-state index in [1.807, 2.05) is 77.6 Å². The molecule has 0 spiro atoms. The third-order valence-electron chi connectivity index (χ3n) is 4.45. The molecule has 6 heteroatoms. The highest BCUT2D eigenvalue weighted by atomic mass is 35.5. The highest BCUT2D eigenvalue weighted by Crippen LogP contribution is 2.32. The number of nitrogens with zero attached hydrogens (tertiary/aromatic N) is 4. The molecule has 2 aromatic heterocycles. The summed E-state index contributed by atoms with van der Waals surface area (Å²) in [7, 11) is 0. The Morgan fingerprint density at radius 2 is 1.85 bits per heavy atom. The number of aromatic nitrogens is 4. The molecule has 2 unspecified atom stereocenters. The Labute approximate surface area is 162 Å². The summed E-state index contributed by atoms with van der Waals surface area (Å²) in [6.45, 7) is 4.06. The summed E-state index contributed by atoms with van der Waals surface area (Å²) in [6.07, 6.45) is 5.49. The van der Waals surface area contributed by atoms with Gasteiger partial charge in [0.15, 0.2) is 0 Å². The second-order valence-corrected chi connectivity index (χ2v) is 6.60. The Balaban J connectivity index is 1.78. The second-order valence-electron chi connectivity index (χ2n) is 6.16. The van der Waals surface area contributed by atoms with E-state index in [4.69, 9.17) is 11.6 Å². The number of hydrogen-bond donors (Lipinski definition) is 1. The molecule has 2 heterocycles. The molecular weight excluding hydrogens is 358 g/mol. The van der Waals surface area contributed by atoms with Crippen molar-refractivity contribution in [2.24, 2.45) is 0 Å². The minimum absolute atomic E-state index is 0.137. The van der Waals surface area contributed by atoms with E-state index in [9.17, 15) is 0 Å². The lowest BCUT2D eigenvalue weighted by molar-refractivity contribution is 0.477. The van der Waals surface area contributed by atoms with Crippen LogP contribution in [0.3, 0.4) is 0 Å². The first-order chi connectivity index (χ1) is 13.3. The molecule has 2 aromatic carbocycles. The van der Waals surface area contributed by atoms with Gasteiger partial charge >= 0.3 is 0 Å². The van der Waals surface area contributed by atoms with Gasteiger partial charge in [-0.2, -0.15) is 0 Å². The first-order valence-corrected chi connectivity index (χ1v) is 8.98. The summed E-state index contributed by atoms with van der Waals surface area (Å²) in [5.74, 6) is 0. The third kappa shape index (κ3) is 3.55. The average molecular weight is 376 g/mol. The summed E-state index contributed by atoms with van der Waals surface area (Å²) in [4.78, 5) is 4.28. The maximum atomic E-state index is 6.03. The van der Waals surface area contributed by atoms with E-state index in [0.717, 1.165) is 22.3 Å². The smallest absolute Gasteiger partial charge is 0.113 e. The van der Waals surface area contributed by atoms with Crippen LogP contribution in [-0.2, 0) is 0 Å². The van der Waals surface area contributed by atoms with Crippen LogP contribution in [-0.4, -0.2) is 20.0 Å². The largest absolute Gasteiger partial charge is 0.376 e. The molecule has 0 saturated heterocycles. The van der Waals surface area contributed by atoms with Gasteiger partial charge in [0, 0.05) is 23.1 Å². The van der Waals surface area contributed by atoms with Crippen LogP contribution >= 0.6 is 11.6 Å². The third-order valence-corrected chi connectivity index (χ3v) is 4.70. The number of anilines is 1. The van der Waals surface area contributed by atoms with E-state index in [-0.39, 0.29) is 12.1 Å². The monoisotopic (exact) mass is 375 g/mol. The number of halogens is 1. The Kier molecular flexibility index (Phi) is 4.85. The van der Waals surface area contributed by atoms with Crippen molar-refractivity contribution < 1.29 is 0 Å². The van der Waals surface area contributed by atoms with E-state index < -0.39 is 0 Å². The highest BCUT2D eigenvalue weighted by Gasteiger charge is 2.25. The van der Waals surface area contributed by atoms with Crippen molar-refractivity contribution in [2.75, 3.05) is 5.32 Å². The zero-order valence-corrected chi connectivity index (χ0v) is 15.3. The number of nitrogens with one attached hydrogen (secondary N) is 1. The van der Waals surface area contributed by atoms with Crippen LogP contribution in [0.25, 0.3) is 11.0 Å². The van der Waals surface area contributed by atoms with Crippen LogP contribution in [0.15, 0.2) is 85.7 Å². The van der Waals surface area contributed by atoms with Crippen LogP contribution < -0.4 is 5.32 Å². The van der Waals surface area contributed by atoms with Crippen LogP contribution in [0.5, 0.6) is 0 Å². The minimum atomic E-state index is -0.169. The Morgan fingerprint density at radius 1 is 1.04 bits per heavy atom. The molecule has 0 aliphatic carbocycles. The summed E-state index contributed by atoms with van der Waals surface area (Å²) in [6, 6.07) is 19.2. The normalized spacial score (nSPS) is 13.2. The van der Waals surface area contributed by atoms with E-state index in [2.05, 4.69) is 27.2 Å². The topological polar surface area (TPSA) is 55.6 Å². The van der Waals surface area contributed by atoms with Gasteiger partial charge in [0.25, 0.3) is 0 Å². The first-order valence-electron chi connectivity index (χ1n) is 8.61. The number of rotatable bonds is 6. The van der Waals surface area contributed by atoms with Gasteiger partial charge in [-0.1, -0.05) is 41.1 Å². The molecule has 5 nitrogen and oxygen atoms in total. The van der Waals surface area contributed by atoms with Crippen molar-refractivity contribution in [3.8, 4) is 0 Å². The highest BCUT2D eigenvalue weighted by molar-refractivity contribution is 6.30. The van der Waals surface area contributed by atoms with E-state index in [0.29, 0.717) is 5.02 Å². The Morgan fingerprint density at radius 3 is 2.59 bits per heavy atom. The Bertz CT molecular complexity index is 1040. The van der Waals surface area contributed by atoms with Crippen molar-refractivity contribution in [3.63, 3.8) is 0 Å². The minimum Gasteiger partial charge on any atom is -0.376 e. The summed E-state index contributed by atoms with van der Waals surface area (Å²) < 4.78 is 1.89. The number of para-hydroxylation sites is 1. The molecule has 1 N–H and O–H groups in total. The standard InChI is InChI=1S/C21H18ClN5/c1-2-19(27-20-8-4-3-7-18(20)25-26-27)21(15-6-5-13-23-14-15)24-17-11-9-16(22)10-12-17/h2-14,19,21,24H,1H2. The number of benzene rings is 2. The number of fused-ring (bicyclic) bond motifs is 1. The summed E-state index contributed by atoms with van der Waals surface area (Å²) >= 11 is 6.03. The molecule has 134 valence electrons. The van der Waals surface area contributed by atoms with Crippen molar-refractivity contribution in [1.29, 1.82) is 0 Å². The van der Waals surface area contributed by atoms with Gasteiger partial charge in [-0.3, -0.25) is 4.98 Å². The van der Waals surface area contributed by atoms with Crippen LogP contribution in [0.2, 0.25) is 5.02 Å². The molecule has 0 amide bonds. The molecule has 0 aliphatic heterocycles. The predicted octanol–water partition coefficient (Wildman–Crippen LogP) is 5.06. The van der Waals surface area contributed by atoms with Crippen molar-refractivity contribution in [2.45, 2.75) is 12.1 Å². The molecule has 0 fully saturated rings. The molecule has 0 aliphatic rings. The van der Waals surface area contributed by atoms with E-state index in [1.165, 1.54) is 0 Å². The lowest BCUT2D eigenvalue weighted by atomic mass is 10.00. The van der Waals surface area contributed by atoms with Gasteiger partial charge in [-0.05, 0) is 48.0 Å². The molecule has 2 atom stereocenters. The van der Waals surface area contributed by atoms with Gasteiger partial charge in [-0.15, -0.1) is 11.7 Å². The molecular formula is C21H18ClN5. The van der Waals surface area contributed by atoms with Gasteiger partial charge in [0.2, 0.25) is 0 Å². The van der Waals surface area contributed by atoms with Crippen LogP contribution in [0, 0.1) is 0 Å². The molecule has 0 radical (unpaired) electrons. The van der Waals surface area contributed by atoms with Crippen LogP contribution in [0.4, 0.5) is 5.69 Å². The lowest BCUT2D eigenvalue weighted by Crippen LogP contribution is -2.24. The quantitative estimate of drug-likeness (QED) is 0.478. The van der Waals surface area contributed by atoms with Gasteiger partial charge < -0.3 is 5.32 Å². The first kappa shape index (κ1) is 17.2. The fraction of sp³-hybridized carbons (Fsp3) is 0.0952. The van der Waals surface area contributed by atoms with Gasteiger partial charge in [0.05, 0.1) is 17.6 Å². The van der Waals surface area contributed by atoms with Crippen molar-refractivity contribution in [1.82, 2.24) is 20.0 Å². The van der Waals surface area contributed by atoms with Gasteiger partial charge in [0.1, 0.15) is 5.52 Å². The lowest BCUT2D eigenvalue weighted by Gasteiger charge is -2.27. The molecule has 4 aromatic rings. The zero-order chi connectivity index (χ0) is 18.6. The molecule has 27 heavy (non-hydrogen) atoms. The summed E-state index contributed by atoms with van der Waals surface area (Å²) in [5.41, 5.74) is 3.77. The van der Waals surface area contributed by atoms with Crippen molar-refractivity contribution >= 4 is 28.3 Å². The maximum Gasteiger partial charge on any atom is 0.113 e. The van der Waals surface area contributed by atoms with E-state index >= 15 is 0 Å². The van der Waals surface area contributed by atoms with Crippen LogP contribution in [0.1, 0.15) is 17.6 Å². The Hall–Kier alpha value is -3.18.